The number of sulfone groups is 1. The summed E-state index contributed by atoms with van der Waals surface area (Å²) in [6, 6.07) is 18.3. The molecule has 0 saturated heterocycles. The number of carbonyl (C=O) groups is 1. The van der Waals surface area contributed by atoms with Crippen molar-refractivity contribution < 1.29 is 26.4 Å². The van der Waals surface area contributed by atoms with Crippen molar-refractivity contribution in [3.63, 3.8) is 0 Å². The molecule has 0 aliphatic rings. The van der Waals surface area contributed by atoms with E-state index in [2.05, 4.69) is 5.32 Å². The van der Waals surface area contributed by atoms with Crippen molar-refractivity contribution in [1.29, 1.82) is 0 Å². The highest BCUT2D eigenvalue weighted by Crippen LogP contribution is 2.31. The van der Waals surface area contributed by atoms with Gasteiger partial charge in [-0.05, 0) is 36.8 Å². The van der Waals surface area contributed by atoms with Crippen molar-refractivity contribution in [3.8, 4) is 0 Å². The SMILES string of the molecule is Cc1ccc(CS(=O)(=O)c2cn(CC(=O)Nc3cccc(C(F)(F)F)c3)c3ccccc23)cc1. The summed E-state index contributed by atoms with van der Waals surface area (Å²) in [5.74, 6) is -0.778. The van der Waals surface area contributed by atoms with Gasteiger partial charge in [0.1, 0.15) is 6.54 Å². The van der Waals surface area contributed by atoms with Gasteiger partial charge in [0.25, 0.3) is 0 Å². The maximum Gasteiger partial charge on any atom is 0.416 e. The average Bonchev–Trinajstić information content (AvgIpc) is 3.14. The molecule has 34 heavy (non-hydrogen) atoms. The first kappa shape index (κ1) is 23.6. The highest BCUT2D eigenvalue weighted by molar-refractivity contribution is 7.90. The molecular formula is C25H21F3N2O3S. The second-order valence-electron chi connectivity index (χ2n) is 8.01. The number of carbonyl (C=O) groups excluding carboxylic acids is 1. The van der Waals surface area contributed by atoms with Gasteiger partial charge in [0.2, 0.25) is 5.91 Å². The molecule has 176 valence electrons. The van der Waals surface area contributed by atoms with Crippen molar-refractivity contribution in [2.75, 3.05) is 5.32 Å². The topological polar surface area (TPSA) is 68.2 Å². The van der Waals surface area contributed by atoms with E-state index in [-0.39, 0.29) is 22.9 Å². The van der Waals surface area contributed by atoms with Gasteiger partial charge >= 0.3 is 6.18 Å². The number of fused-ring (bicyclic) bond motifs is 1. The predicted molar refractivity (Wildman–Crippen MR) is 124 cm³/mol. The van der Waals surface area contributed by atoms with E-state index in [9.17, 15) is 26.4 Å². The van der Waals surface area contributed by atoms with Crippen molar-refractivity contribution >= 4 is 32.3 Å². The Morgan fingerprint density at radius 3 is 2.38 bits per heavy atom. The number of anilines is 1. The molecule has 1 heterocycles. The van der Waals surface area contributed by atoms with E-state index in [1.807, 2.05) is 19.1 Å². The van der Waals surface area contributed by atoms with Crippen molar-refractivity contribution in [1.82, 2.24) is 4.57 Å². The minimum atomic E-state index is -4.53. The number of aromatic nitrogens is 1. The number of nitrogens with one attached hydrogen (secondary N) is 1. The van der Waals surface area contributed by atoms with Gasteiger partial charge in [-0.3, -0.25) is 4.79 Å². The molecule has 9 heteroatoms. The van der Waals surface area contributed by atoms with Crippen molar-refractivity contribution in [2.45, 2.75) is 30.3 Å². The summed E-state index contributed by atoms with van der Waals surface area (Å²) in [5.41, 5.74) is 1.32. The van der Waals surface area contributed by atoms with Gasteiger partial charge in [-0.1, -0.05) is 54.1 Å². The van der Waals surface area contributed by atoms with Crippen LogP contribution in [-0.2, 0) is 33.1 Å². The first-order valence-electron chi connectivity index (χ1n) is 10.4. The van der Waals surface area contributed by atoms with Crippen LogP contribution in [0.1, 0.15) is 16.7 Å². The fourth-order valence-electron chi connectivity index (χ4n) is 3.70. The van der Waals surface area contributed by atoms with E-state index in [1.54, 1.807) is 36.4 Å². The van der Waals surface area contributed by atoms with Crippen LogP contribution < -0.4 is 5.32 Å². The number of para-hydroxylation sites is 1. The smallest absolute Gasteiger partial charge is 0.337 e. The Kier molecular flexibility index (Phi) is 6.22. The van der Waals surface area contributed by atoms with Crippen LogP contribution in [0.5, 0.6) is 0 Å². The van der Waals surface area contributed by atoms with Crippen molar-refractivity contribution in [3.05, 3.63) is 95.7 Å². The summed E-state index contributed by atoms with van der Waals surface area (Å²) in [6.45, 7) is 1.65. The second kappa shape index (κ2) is 8.98. The van der Waals surface area contributed by atoms with Crippen LogP contribution in [0.3, 0.4) is 0 Å². The highest BCUT2D eigenvalue weighted by atomic mass is 32.2. The standard InChI is InChI=1S/C25H21F3N2O3S/c1-17-9-11-18(12-10-17)16-34(32,33)23-14-30(22-8-3-2-7-21(22)23)15-24(31)29-20-6-4-5-19(13-20)25(26,27)28/h2-14H,15-16H2,1H3,(H,29,31). The third-order valence-corrected chi connectivity index (χ3v) is 7.06. The Morgan fingerprint density at radius 1 is 0.971 bits per heavy atom. The number of hydrogen-bond acceptors (Lipinski definition) is 3. The average molecular weight is 487 g/mol. The van der Waals surface area contributed by atoms with E-state index >= 15 is 0 Å². The molecular weight excluding hydrogens is 465 g/mol. The van der Waals surface area contributed by atoms with E-state index in [4.69, 9.17) is 0 Å². The molecule has 5 nitrogen and oxygen atoms in total. The summed E-state index contributed by atoms with van der Waals surface area (Å²) < 4.78 is 66.7. The lowest BCUT2D eigenvalue weighted by Crippen LogP contribution is -2.18. The van der Waals surface area contributed by atoms with Crippen LogP contribution in [-0.4, -0.2) is 18.9 Å². The fraction of sp³-hybridized carbons (Fsp3) is 0.160. The van der Waals surface area contributed by atoms with Crippen LogP contribution in [0.15, 0.2) is 83.9 Å². The van der Waals surface area contributed by atoms with Crippen LogP contribution >= 0.6 is 0 Å². The first-order chi connectivity index (χ1) is 16.0. The molecule has 4 rings (SSSR count). The minimum Gasteiger partial charge on any atom is -0.337 e. The molecule has 0 spiro atoms. The fourth-order valence-corrected chi connectivity index (χ4v) is 5.28. The van der Waals surface area contributed by atoms with Crippen LogP contribution in [0.4, 0.5) is 18.9 Å². The quantitative estimate of drug-likeness (QED) is 0.387. The van der Waals surface area contributed by atoms with Gasteiger partial charge in [-0.2, -0.15) is 13.2 Å². The van der Waals surface area contributed by atoms with E-state index in [0.29, 0.717) is 16.5 Å². The maximum atomic E-state index is 13.2. The second-order valence-corrected chi connectivity index (χ2v) is 9.97. The van der Waals surface area contributed by atoms with Crippen LogP contribution in [0.25, 0.3) is 10.9 Å². The Morgan fingerprint density at radius 2 is 1.68 bits per heavy atom. The van der Waals surface area contributed by atoms with Gasteiger partial charge in [0.05, 0.1) is 16.2 Å². The number of halogens is 3. The lowest BCUT2D eigenvalue weighted by atomic mass is 10.2. The Labute approximate surface area is 194 Å². The summed E-state index contributed by atoms with van der Waals surface area (Å²) in [5, 5.41) is 2.93. The summed E-state index contributed by atoms with van der Waals surface area (Å²) in [4.78, 5) is 12.7. The number of rotatable bonds is 6. The summed E-state index contributed by atoms with van der Waals surface area (Å²) >= 11 is 0. The number of benzene rings is 3. The largest absolute Gasteiger partial charge is 0.416 e. The lowest BCUT2D eigenvalue weighted by molar-refractivity contribution is -0.137. The molecule has 1 aromatic heterocycles. The van der Waals surface area contributed by atoms with Gasteiger partial charge in [-0.15, -0.1) is 0 Å². The van der Waals surface area contributed by atoms with Gasteiger partial charge in [-0.25, -0.2) is 8.42 Å². The minimum absolute atomic E-state index is 0.00324. The van der Waals surface area contributed by atoms with Gasteiger partial charge in [0.15, 0.2) is 9.84 Å². The molecule has 1 N–H and O–H groups in total. The molecule has 0 unspecified atom stereocenters. The van der Waals surface area contributed by atoms with Crippen molar-refractivity contribution in [2.24, 2.45) is 0 Å². The molecule has 0 fully saturated rings. The number of nitrogens with zero attached hydrogens (tertiary/aromatic N) is 1. The molecule has 4 aromatic rings. The Balaban J connectivity index is 1.61. The zero-order chi connectivity index (χ0) is 24.5. The maximum absolute atomic E-state index is 13.2. The number of aryl methyl sites for hydroxylation is 1. The third kappa shape index (κ3) is 5.14. The van der Waals surface area contributed by atoms with E-state index in [1.165, 1.54) is 22.9 Å². The molecule has 0 radical (unpaired) electrons. The molecule has 3 aromatic carbocycles. The molecule has 0 aliphatic carbocycles. The lowest BCUT2D eigenvalue weighted by Gasteiger charge is -2.10. The van der Waals surface area contributed by atoms with E-state index in [0.717, 1.165) is 17.7 Å². The van der Waals surface area contributed by atoms with Gasteiger partial charge in [0, 0.05) is 22.8 Å². The van der Waals surface area contributed by atoms with E-state index < -0.39 is 27.5 Å². The van der Waals surface area contributed by atoms with Crippen LogP contribution in [0.2, 0.25) is 0 Å². The highest BCUT2D eigenvalue weighted by Gasteiger charge is 2.30. The molecule has 0 aliphatic heterocycles. The predicted octanol–water partition coefficient (Wildman–Crippen LogP) is 5.58. The Bertz CT molecular complexity index is 1460. The monoisotopic (exact) mass is 486 g/mol. The summed E-state index contributed by atoms with van der Waals surface area (Å²) in [7, 11) is -3.73. The molecule has 1 amide bonds. The number of alkyl halides is 3. The third-order valence-electron chi connectivity index (χ3n) is 5.35. The first-order valence-corrected chi connectivity index (χ1v) is 12.0. The number of amides is 1. The zero-order valence-corrected chi connectivity index (χ0v) is 19.0. The molecule has 0 atom stereocenters. The van der Waals surface area contributed by atoms with Gasteiger partial charge < -0.3 is 9.88 Å². The zero-order valence-electron chi connectivity index (χ0n) is 18.1. The molecule has 0 bridgehead atoms. The summed E-state index contributed by atoms with van der Waals surface area (Å²) in [6.07, 6.45) is -3.13. The van der Waals surface area contributed by atoms with Crippen LogP contribution in [0, 0.1) is 6.92 Å². The number of hydrogen-bond donors (Lipinski definition) is 1. The molecule has 0 saturated carbocycles. The Hall–Kier alpha value is -3.59. The normalized spacial score (nSPS) is 12.1.